The average Bonchev–Trinajstić information content (AvgIpc) is 3.22. The maximum Gasteiger partial charge on any atom is 0.353 e. The monoisotopic (exact) mass is 408 g/mol. The maximum absolute atomic E-state index is 12.6. The minimum absolute atomic E-state index is 0.0139. The molecule has 2 saturated heterocycles. The number of aliphatic hydroxyl groups is 1. The van der Waals surface area contributed by atoms with Gasteiger partial charge in [0.2, 0.25) is 11.8 Å². The van der Waals surface area contributed by atoms with Gasteiger partial charge in [0.1, 0.15) is 11.8 Å². The molecule has 0 spiro atoms. The zero-order valence-corrected chi connectivity index (χ0v) is 16.5. The predicted octanol–water partition coefficient (Wildman–Crippen LogP) is -0.368. The number of hydrogen-bond acceptors (Lipinski definition) is 7. The minimum atomic E-state index is -1.30. The summed E-state index contributed by atoms with van der Waals surface area (Å²) in [6.07, 6.45) is 1.77. The molecule has 10 heteroatoms. The summed E-state index contributed by atoms with van der Waals surface area (Å²) in [7, 11) is 3.37. The number of carboxylic acid groups (broad SMARTS) is 1. The number of fused-ring (bicyclic) bond motifs is 1. The van der Waals surface area contributed by atoms with E-state index in [9.17, 15) is 24.6 Å². The molecule has 3 aliphatic heterocycles. The van der Waals surface area contributed by atoms with Gasteiger partial charge in [0.05, 0.1) is 17.5 Å². The molecule has 4 N–H and O–H groups in total. The Morgan fingerprint density at radius 2 is 2.18 bits per heavy atom. The van der Waals surface area contributed by atoms with Crippen LogP contribution in [-0.2, 0) is 14.4 Å². The molecule has 2 fully saturated rings. The van der Waals surface area contributed by atoms with Crippen molar-refractivity contribution >= 4 is 35.8 Å². The maximum atomic E-state index is 12.6. The molecule has 5 atom stereocenters. The summed E-state index contributed by atoms with van der Waals surface area (Å²) in [5, 5.41) is 30.2. The van der Waals surface area contributed by atoms with E-state index in [1.807, 2.05) is 0 Å². The van der Waals surface area contributed by atoms with Gasteiger partial charge in [-0.15, -0.1) is 18.3 Å². The van der Waals surface area contributed by atoms with Gasteiger partial charge in [-0.2, -0.15) is 0 Å². The molecule has 5 unspecified atom stereocenters. The molecule has 0 aromatic rings. The van der Waals surface area contributed by atoms with Crippen molar-refractivity contribution < 1.29 is 24.6 Å². The van der Waals surface area contributed by atoms with Crippen LogP contribution in [0.1, 0.15) is 12.8 Å². The summed E-state index contributed by atoms with van der Waals surface area (Å²) in [4.78, 5) is 39.8. The molecular formula is C18H24N4O5S. The van der Waals surface area contributed by atoms with Gasteiger partial charge in [-0.3, -0.25) is 14.5 Å². The molecule has 3 rings (SSSR count). The second-order valence-electron chi connectivity index (χ2n) is 7.43. The van der Waals surface area contributed by atoms with E-state index in [1.165, 1.54) is 27.6 Å². The van der Waals surface area contributed by atoms with E-state index >= 15 is 0 Å². The highest BCUT2D eigenvalue weighted by molar-refractivity contribution is 8.03. The molecule has 152 valence electrons. The fraction of sp³-hybridized carbons (Fsp3) is 0.556. The summed E-state index contributed by atoms with van der Waals surface area (Å²) in [5.41, 5.74) is -1.12. The lowest BCUT2D eigenvalue weighted by molar-refractivity contribution is -0.167. The SMILES string of the molecule is C=CC12CC(SC3CNC(C(=O)N(C)C)C3)=C(C(=O)O)N1C(=O)C2C(O)C=N. The van der Waals surface area contributed by atoms with Gasteiger partial charge in [0.15, 0.2) is 0 Å². The lowest BCUT2D eigenvalue weighted by Gasteiger charge is -2.53. The highest BCUT2D eigenvalue weighted by Crippen LogP contribution is 2.56. The van der Waals surface area contributed by atoms with E-state index in [0.717, 1.165) is 6.21 Å². The number of rotatable bonds is 7. The molecular weight excluding hydrogens is 384 g/mol. The smallest absolute Gasteiger partial charge is 0.353 e. The second kappa shape index (κ2) is 7.34. The van der Waals surface area contributed by atoms with E-state index in [1.54, 1.807) is 14.1 Å². The summed E-state index contributed by atoms with van der Waals surface area (Å²) in [6, 6.07) is -0.317. The van der Waals surface area contributed by atoms with E-state index in [-0.39, 0.29) is 29.3 Å². The van der Waals surface area contributed by atoms with Crippen molar-refractivity contribution in [1.82, 2.24) is 15.1 Å². The summed E-state index contributed by atoms with van der Waals surface area (Å²) in [6.45, 7) is 4.31. The molecule has 0 saturated carbocycles. The zero-order valence-electron chi connectivity index (χ0n) is 15.7. The van der Waals surface area contributed by atoms with Gasteiger partial charge >= 0.3 is 5.97 Å². The van der Waals surface area contributed by atoms with Crippen molar-refractivity contribution in [2.75, 3.05) is 20.6 Å². The summed E-state index contributed by atoms with van der Waals surface area (Å²) in [5.74, 6) is -2.68. The number of hydrogen-bond donors (Lipinski definition) is 4. The van der Waals surface area contributed by atoms with Crippen LogP contribution in [0.15, 0.2) is 23.3 Å². The van der Waals surface area contributed by atoms with E-state index in [4.69, 9.17) is 5.41 Å². The Hall–Kier alpha value is -2.17. The van der Waals surface area contributed by atoms with Gasteiger partial charge < -0.3 is 25.8 Å². The Balaban J connectivity index is 1.83. The second-order valence-corrected chi connectivity index (χ2v) is 8.82. The molecule has 0 aliphatic carbocycles. The average molecular weight is 408 g/mol. The first-order valence-corrected chi connectivity index (χ1v) is 9.79. The highest BCUT2D eigenvalue weighted by atomic mass is 32.2. The van der Waals surface area contributed by atoms with Crippen LogP contribution in [0, 0.1) is 11.3 Å². The highest BCUT2D eigenvalue weighted by Gasteiger charge is 2.66. The number of likely N-dealkylation sites (N-methyl/N-ethyl adjacent to an activating group) is 1. The van der Waals surface area contributed by atoms with E-state index < -0.39 is 29.4 Å². The molecule has 3 aliphatic rings. The van der Waals surface area contributed by atoms with Crippen molar-refractivity contribution in [3.8, 4) is 0 Å². The Kier molecular flexibility index (Phi) is 5.39. The third-order valence-electron chi connectivity index (χ3n) is 5.58. The van der Waals surface area contributed by atoms with Crippen LogP contribution >= 0.6 is 11.8 Å². The van der Waals surface area contributed by atoms with Crippen LogP contribution in [0.25, 0.3) is 0 Å². The number of carbonyl (C=O) groups is 3. The minimum Gasteiger partial charge on any atom is -0.477 e. The number of nitrogens with one attached hydrogen (secondary N) is 2. The zero-order chi connectivity index (χ0) is 20.8. The Labute approximate surface area is 166 Å². The van der Waals surface area contributed by atoms with Crippen LogP contribution in [0.3, 0.4) is 0 Å². The third kappa shape index (κ3) is 2.96. The lowest BCUT2D eigenvalue weighted by atomic mass is 9.70. The number of thioether (sulfide) groups is 1. The van der Waals surface area contributed by atoms with E-state index in [0.29, 0.717) is 17.9 Å². The van der Waals surface area contributed by atoms with Gasteiger partial charge in [-0.05, 0) is 6.42 Å². The molecule has 0 bridgehead atoms. The first kappa shape index (κ1) is 20.6. The predicted molar refractivity (Wildman–Crippen MR) is 104 cm³/mol. The largest absolute Gasteiger partial charge is 0.477 e. The summed E-state index contributed by atoms with van der Waals surface area (Å²) >= 11 is 1.35. The Morgan fingerprint density at radius 1 is 1.50 bits per heavy atom. The molecule has 0 radical (unpaired) electrons. The van der Waals surface area contributed by atoms with Gasteiger partial charge in [-0.1, -0.05) is 6.08 Å². The van der Waals surface area contributed by atoms with Crippen LogP contribution in [0.2, 0.25) is 0 Å². The van der Waals surface area contributed by atoms with Gasteiger partial charge in [0, 0.05) is 43.4 Å². The van der Waals surface area contributed by atoms with Crippen LogP contribution in [0.5, 0.6) is 0 Å². The van der Waals surface area contributed by atoms with Crippen molar-refractivity contribution in [2.45, 2.75) is 35.8 Å². The first-order valence-electron chi connectivity index (χ1n) is 8.92. The van der Waals surface area contributed by atoms with Crippen molar-refractivity contribution in [3.63, 3.8) is 0 Å². The number of carboxylic acids is 1. The third-order valence-corrected chi connectivity index (χ3v) is 6.89. The number of carbonyl (C=O) groups excluding carboxylic acids is 2. The molecule has 28 heavy (non-hydrogen) atoms. The van der Waals surface area contributed by atoms with Crippen LogP contribution in [-0.4, -0.2) is 87.6 Å². The molecule has 0 aromatic heterocycles. The summed E-state index contributed by atoms with van der Waals surface area (Å²) < 4.78 is 0. The molecule has 9 nitrogen and oxygen atoms in total. The van der Waals surface area contributed by atoms with E-state index in [2.05, 4.69) is 11.9 Å². The normalized spacial score (nSPS) is 32.6. The van der Waals surface area contributed by atoms with Crippen LogP contribution in [0.4, 0.5) is 0 Å². The first-order chi connectivity index (χ1) is 13.2. The fourth-order valence-corrected chi connectivity index (χ4v) is 5.71. The fourth-order valence-electron chi connectivity index (χ4n) is 4.24. The van der Waals surface area contributed by atoms with Crippen LogP contribution < -0.4 is 5.32 Å². The lowest BCUT2D eigenvalue weighted by Crippen LogP contribution is -2.70. The number of amides is 2. The Bertz CT molecular complexity index is 782. The molecule has 2 amide bonds. The quantitative estimate of drug-likeness (QED) is 0.257. The Morgan fingerprint density at radius 3 is 2.71 bits per heavy atom. The number of aliphatic carboxylic acids is 1. The number of aliphatic hydroxyl groups excluding tert-OH is 1. The number of β-lactam (4-membered cyclic amide) rings is 1. The van der Waals surface area contributed by atoms with Crippen molar-refractivity contribution in [2.24, 2.45) is 5.92 Å². The molecule has 0 aromatic carbocycles. The van der Waals surface area contributed by atoms with Crippen molar-refractivity contribution in [1.29, 1.82) is 5.41 Å². The topological polar surface area (TPSA) is 134 Å². The van der Waals surface area contributed by atoms with Gasteiger partial charge in [0.25, 0.3) is 0 Å². The number of nitrogens with zero attached hydrogens (tertiary/aromatic N) is 2. The standard InChI is InChI=1S/C18H24N4O5S/c1-4-18-6-12(28-9-5-10(20-8-9)15(24)21(2)3)14(17(26)27)22(18)16(25)13(18)11(23)7-19/h4,7,9-11,13,19-20,23H,1,5-6,8H2,2-3H3,(H,26,27). The van der Waals surface area contributed by atoms with Crippen molar-refractivity contribution in [3.05, 3.63) is 23.3 Å². The van der Waals surface area contributed by atoms with Gasteiger partial charge in [-0.25, -0.2) is 4.79 Å². The molecule has 3 heterocycles.